The van der Waals surface area contributed by atoms with Crippen molar-refractivity contribution in [2.75, 3.05) is 0 Å². The van der Waals surface area contributed by atoms with Crippen LogP contribution in [-0.2, 0) is 4.79 Å². The van der Waals surface area contributed by atoms with Crippen LogP contribution in [0.5, 0.6) is 0 Å². The smallest absolute Gasteiger partial charge is 0.237 e. The third kappa shape index (κ3) is 3.81. The first-order valence-corrected chi connectivity index (χ1v) is 6.03. The van der Waals surface area contributed by atoms with Gasteiger partial charge in [0.1, 0.15) is 5.82 Å². The van der Waals surface area contributed by atoms with Crippen molar-refractivity contribution < 1.29 is 9.18 Å². The Bertz CT molecular complexity index is 407. The average molecular weight is 252 g/mol. The summed E-state index contributed by atoms with van der Waals surface area (Å²) in [6.07, 6.45) is 0. The standard InChI is InChI=1S/C14H21FN2O/c1-9(16)13(18)17-12(14(2,3)4)10-5-7-11(15)8-6-10/h5-9,12H,16H2,1-4H3,(H,17,18)/t9-,12?/m1/s1. The van der Waals surface area contributed by atoms with Gasteiger partial charge >= 0.3 is 0 Å². The quantitative estimate of drug-likeness (QED) is 0.867. The summed E-state index contributed by atoms with van der Waals surface area (Å²) in [5.41, 5.74) is 6.25. The zero-order valence-electron chi connectivity index (χ0n) is 11.3. The Balaban J connectivity index is 2.99. The van der Waals surface area contributed by atoms with Crippen LogP contribution in [-0.4, -0.2) is 11.9 Å². The predicted molar refractivity (Wildman–Crippen MR) is 70.4 cm³/mol. The summed E-state index contributed by atoms with van der Waals surface area (Å²) in [4.78, 5) is 11.7. The summed E-state index contributed by atoms with van der Waals surface area (Å²) in [5, 5.41) is 2.91. The summed E-state index contributed by atoms with van der Waals surface area (Å²) in [6.45, 7) is 7.69. The molecule has 4 heteroatoms. The van der Waals surface area contributed by atoms with E-state index in [1.807, 2.05) is 20.8 Å². The largest absolute Gasteiger partial charge is 0.347 e. The van der Waals surface area contributed by atoms with Crippen LogP contribution in [0.3, 0.4) is 0 Å². The minimum absolute atomic E-state index is 0.178. The van der Waals surface area contributed by atoms with E-state index in [0.29, 0.717) is 0 Å². The predicted octanol–water partition coefficient (Wildman–Crippen LogP) is 2.38. The number of benzene rings is 1. The van der Waals surface area contributed by atoms with Crippen LogP contribution in [0.2, 0.25) is 0 Å². The molecule has 3 N–H and O–H groups in total. The number of hydrogen-bond acceptors (Lipinski definition) is 2. The van der Waals surface area contributed by atoms with Gasteiger partial charge in [-0.2, -0.15) is 0 Å². The highest BCUT2D eigenvalue weighted by atomic mass is 19.1. The SMILES string of the molecule is C[C@@H](N)C(=O)NC(c1ccc(F)cc1)C(C)(C)C. The molecule has 2 atom stereocenters. The molecule has 0 spiro atoms. The van der Waals surface area contributed by atoms with Gasteiger partial charge in [-0.25, -0.2) is 4.39 Å². The van der Waals surface area contributed by atoms with Crippen molar-refractivity contribution in [3.8, 4) is 0 Å². The van der Waals surface area contributed by atoms with Crippen LogP contribution in [0.4, 0.5) is 4.39 Å². The molecule has 0 radical (unpaired) electrons. The van der Waals surface area contributed by atoms with Gasteiger partial charge in [-0.1, -0.05) is 32.9 Å². The van der Waals surface area contributed by atoms with Crippen molar-refractivity contribution in [2.24, 2.45) is 11.1 Å². The highest BCUT2D eigenvalue weighted by Gasteiger charge is 2.28. The maximum atomic E-state index is 12.9. The Morgan fingerprint density at radius 3 is 2.17 bits per heavy atom. The lowest BCUT2D eigenvalue weighted by Crippen LogP contribution is -2.44. The van der Waals surface area contributed by atoms with E-state index in [-0.39, 0.29) is 23.2 Å². The van der Waals surface area contributed by atoms with E-state index < -0.39 is 6.04 Å². The van der Waals surface area contributed by atoms with Crippen LogP contribution >= 0.6 is 0 Å². The number of amides is 1. The first kappa shape index (κ1) is 14.6. The van der Waals surface area contributed by atoms with E-state index in [9.17, 15) is 9.18 Å². The molecule has 1 unspecified atom stereocenters. The molecule has 0 aliphatic heterocycles. The molecule has 0 bridgehead atoms. The van der Waals surface area contributed by atoms with E-state index in [1.54, 1.807) is 19.1 Å². The van der Waals surface area contributed by atoms with E-state index >= 15 is 0 Å². The number of nitrogens with one attached hydrogen (secondary N) is 1. The Labute approximate surface area is 108 Å². The summed E-state index contributed by atoms with van der Waals surface area (Å²) in [5.74, 6) is -0.496. The lowest BCUT2D eigenvalue weighted by atomic mass is 9.82. The molecule has 1 amide bonds. The Morgan fingerprint density at radius 1 is 1.28 bits per heavy atom. The normalized spacial score (nSPS) is 15.0. The molecule has 0 aliphatic carbocycles. The number of carbonyl (C=O) groups is 1. The van der Waals surface area contributed by atoms with Crippen molar-refractivity contribution in [3.05, 3.63) is 35.6 Å². The van der Waals surface area contributed by atoms with Crippen LogP contribution in [0, 0.1) is 11.2 Å². The molecule has 0 aromatic heterocycles. The number of halogens is 1. The zero-order chi connectivity index (χ0) is 13.9. The van der Waals surface area contributed by atoms with Crippen LogP contribution in [0.15, 0.2) is 24.3 Å². The second kappa shape index (κ2) is 5.48. The summed E-state index contributed by atoms with van der Waals surface area (Å²) in [6, 6.07) is 5.41. The molecular formula is C14H21FN2O. The number of rotatable bonds is 3. The van der Waals surface area contributed by atoms with Crippen LogP contribution < -0.4 is 11.1 Å². The van der Waals surface area contributed by atoms with E-state index in [4.69, 9.17) is 5.73 Å². The number of carbonyl (C=O) groups excluding carboxylic acids is 1. The van der Waals surface area contributed by atoms with Gasteiger partial charge in [0.15, 0.2) is 0 Å². The molecule has 3 nitrogen and oxygen atoms in total. The fourth-order valence-corrected chi connectivity index (χ4v) is 1.73. The van der Waals surface area contributed by atoms with Gasteiger partial charge in [0, 0.05) is 0 Å². The minimum Gasteiger partial charge on any atom is -0.347 e. The van der Waals surface area contributed by atoms with Gasteiger partial charge in [0.25, 0.3) is 0 Å². The van der Waals surface area contributed by atoms with Gasteiger partial charge in [-0.05, 0) is 30.0 Å². The van der Waals surface area contributed by atoms with Gasteiger partial charge in [-0.3, -0.25) is 4.79 Å². The van der Waals surface area contributed by atoms with Crippen LogP contribution in [0.1, 0.15) is 39.3 Å². The highest BCUT2D eigenvalue weighted by Crippen LogP contribution is 2.32. The molecule has 0 saturated heterocycles. The van der Waals surface area contributed by atoms with Crippen molar-refractivity contribution in [2.45, 2.75) is 39.8 Å². The molecule has 0 aliphatic rings. The summed E-state index contributed by atoms with van der Waals surface area (Å²) >= 11 is 0. The Morgan fingerprint density at radius 2 is 1.78 bits per heavy atom. The topological polar surface area (TPSA) is 55.1 Å². The molecule has 100 valence electrons. The third-order valence-corrected chi connectivity index (χ3v) is 2.77. The van der Waals surface area contributed by atoms with Crippen molar-refractivity contribution in [3.63, 3.8) is 0 Å². The third-order valence-electron chi connectivity index (χ3n) is 2.77. The highest BCUT2D eigenvalue weighted by molar-refractivity contribution is 5.81. The number of nitrogens with two attached hydrogens (primary N) is 1. The molecule has 1 rings (SSSR count). The van der Waals surface area contributed by atoms with Crippen molar-refractivity contribution in [1.29, 1.82) is 0 Å². The molecule has 1 aromatic carbocycles. The first-order valence-electron chi connectivity index (χ1n) is 6.03. The monoisotopic (exact) mass is 252 g/mol. The molecule has 1 aromatic rings. The Kier molecular flexibility index (Phi) is 4.46. The van der Waals surface area contributed by atoms with Crippen LogP contribution in [0.25, 0.3) is 0 Å². The zero-order valence-corrected chi connectivity index (χ0v) is 11.3. The van der Waals surface area contributed by atoms with Gasteiger partial charge in [0.05, 0.1) is 12.1 Å². The fourth-order valence-electron chi connectivity index (χ4n) is 1.73. The Hall–Kier alpha value is -1.42. The van der Waals surface area contributed by atoms with Gasteiger partial charge in [0.2, 0.25) is 5.91 Å². The molecule has 0 saturated carbocycles. The molecular weight excluding hydrogens is 231 g/mol. The number of hydrogen-bond donors (Lipinski definition) is 2. The maximum absolute atomic E-state index is 12.9. The van der Waals surface area contributed by atoms with Gasteiger partial charge < -0.3 is 11.1 Å². The second-order valence-electron chi connectivity index (χ2n) is 5.65. The second-order valence-corrected chi connectivity index (χ2v) is 5.65. The van der Waals surface area contributed by atoms with Crippen molar-refractivity contribution in [1.82, 2.24) is 5.32 Å². The van der Waals surface area contributed by atoms with Gasteiger partial charge in [-0.15, -0.1) is 0 Å². The minimum atomic E-state index is -0.560. The summed E-state index contributed by atoms with van der Waals surface area (Å²) in [7, 11) is 0. The maximum Gasteiger partial charge on any atom is 0.237 e. The fraction of sp³-hybridized carbons (Fsp3) is 0.500. The lowest BCUT2D eigenvalue weighted by Gasteiger charge is -2.32. The first-order chi connectivity index (χ1) is 8.21. The molecule has 0 fully saturated rings. The van der Waals surface area contributed by atoms with E-state index in [0.717, 1.165) is 5.56 Å². The van der Waals surface area contributed by atoms with E-state index in [2.05, 4.69) is 5.32 Å². The van der Waals surface area contributed by atoms with E-state index in [1.165, 1.54) is 12.1 Å². The molecule has 0 heterocycles. The molecule has 18 heavy (non-hydrogen) atoms. The lowest BCUT2D eigenvalue weighted by molar-refractivity contribution is -0.123. The van der Waals surface area contributed by atoms with Crippen molar-refractivity contribution >= 4 is 5.91 Å². The summed E-state index contributed by atoms with van der Waals surface area (Å²) < 4.78 is 12.9. The average Bonchev–Trinajstić information content (AvgIpc) is 2.25.